The van der Waals surface area contributed by atoms with E-state index in [0.29, 0.717) is 0 Å². The van der Waals surface area contributed by atoms with Crippen LogP contribution in [-0.2, 0) is 6.54 Å². The number of nitrogens with zero attached hydrogens (tertiary/aromatic N) is 1. The molecule has 13 heavy (non-hydrogen) atoms. The monoisotopic (exact) mass is 185 g/mol. The van der Waals surface area contributed by atoms with Gasteiger partial charge in [-0.3, -0.25) is 14.8 Å². The summed E-state index contributed by atoms with van der Waals surface area (Å²) in [6.45, 7) is 0.276. The number of aromatic hydroxyl groups is 1. The summed E-state index contributed by atoms with van der Waals surface area (Å²) in [6, 6.07) is 0. The Morgan fingerprint density at radius 3 is 2.38 bits per heavy atom. The van der Waals surface area contributed by atoms with Gasteiger partial charge in [0.2, 0.25) is 5.88 Å². The van der Waals surface area contributed by atoms with Crippen molar-refractivity contribution >= 4 is 0 Å². The van der Waals surface area contributed by atoms with Crippen molar-refractivity contribution < 1.29 is 5.11 Å². The van der Waals surface area contributed by atoms with Gasteiger partial charge in [0.25, 0.3) is 5.56 Å². The standard InChI is InChI=1S/C7H11N3O3/c1-10(2)3-4-5(11)8-7(13)9-6(4)12/h3H2,1-2H3,(H3,8,9,11,12,13). The minimum absolute atomic E-state index is 0.157. The van der Waals surface area contributed by atoms with Gasteiger partial charge in [0.15, 0.2) is 0 Å². The van der Waals surface area contributed by atoms with Crippen LogP contribution in [0.3, 0.4) is 0 Å². The Bertz CT molecular complexity index is 404. The SMILES string of the molecule is CN(C)Cc1c(O)[nH]c(=O)[nH]c1=O. The summed E-state index contributed by atoms with van der Waals surface area (Å²) in [7, 11) is 3.51. The zero-order chi connectivity index (χ0) is 10.0. The van der Waals surface area contributed by atoms with Crippen LogP contribution in [0, 0.1) is 0 Å². The first-order valence-corrected chi connectivity index (χ1v) is 3.70. The van der Waals surface area contributed by atoms with Crippen LogP contribution in [0.2, 0.25) is 0 Å². The van der Waals surface area contributed by atoms with E-state index < -0.39 is 11.2 Å². The van der Waals surface area contributed by atoms with Gasteiger partial charge in [0.1, 0.15) is 0 Å². The third-order valence-corrected chi connectivity index (χ3v) is 1.49. The van der Waals surface area contributed by atoms with Crippen LogP contribution in [-0.4, -0.2) is 34.1 Å². The number of H-pyrrole nitrogens is 2. The smallest absolute Gasteiger partial charge is 0.328 e. The number of rotatable bonds is 2. The lowest BCUT2D eigenvalue weighted by atomic mass is 10.3. The second-order valence-corrected chi connectivity index (χ2v) is 2.97. The van der Waals surface area contributed by atoms with Crippen LogP contribution < -0.4 is 11.2 Å². The predicted octanol–water partition coefficient (Wildman–Crippen LogP) is -1.17. The highest BCUT2D eigenvalue weighted by molar-refractivity contribution is 5.20. The highest BCUT2D eigenvalue weighted by atomic mass is 16.3. The summed E-state index contributed by atoms with van der Waals surface area (Å²) >= 11 is 0. The first-order chi connectivity index (χ1) is 6.00. The van der Waals surface area contributed by atoms with E-state index in [1.807, 2.05) is 4.98 Å². The van der Waals surface area contributed by atoms with Crippen molar-refractivity contribution in [3.8, 4) is 5.88 Å². The molecule has 0 saturated heterocycles. The van der Waals surface area contributed by atoms with E-state index in [1.165, 1.54) is 0 Å². The molecule has 0 aliphatic heterocycles. The number of aromatic nitrogens is 2. The topological polar surface area (TPSA) is 89.2 Å². The van der Waals surface area contributed by atoms with E-state index in [-0.39, 0.29) is 18.0 Å². The predicted molar refractivity (Wildman–Crippen MR) is 46.7 cm³/mol. The second kappa shape index (κ2) is 3.44. The van der Waals surface area contributed by atoms with Gasteiger partial charge in [0, 0.05) is 6.54 Å². The molecular weight excluding hydrogens is 174 g/mol. The number of aromatic amines is 2. The average Bonchev–Trinajstić information content (AvgIpc) is 1.96. The van der Waals surface area contributed by atoms with Gasteiger partial charge in [0.05, 0.1) is 5.56 Å². The van der Waals surface area contributed by atoms with Gasteiger partial charge in [-0.1, -0.05) is 0 Å². The lowest BCUT2D eigenvalue weighted by Crippen LogP contribution is -2.27. The molecule has 0 amide bonds. The molecule has 72 valence electrons. The molecule has 0 atom stereocenters. The molecule has 0 radical (unpaired) electrons. The van der Waals surface area contributed by atoms with E-state index in [9.17, 15) is 14.7 Å². The first-order valence-electron chi connectivity index (χ1n) is 3.70. The van der Waals surface area contributed by atoms with E-state index in [4.69, 9.17) is 0 Å². The fourth-order valence-corrected chi connectivity index (χ4v) is 0.963. The van der Waals surface area contributed by atoms with E-state index in [2.05, 4.69) is 4.98 Å². The molecule has 1 aromatic rings. The van der Waals surface area contributed by atoms with Crippen molar-refractivity contribution in [3.05, 3.63) is 26.4 Å². The van der Waals surface area contributed by atoms with E-state index in [1.54, 1.807) is 19.0 Å². The molecule has 0 aliphatic rings. The van der Waals surface area contributed by atoms with Crippen LogP contribution in [0.15, 0.2) is 9.59 Å². The minimum Gasteiger partial charge on any atom is -0.494 e. The van der Waals surface area contributed by atoms with Crippen LogP contribution >= 0.6 is 0 Å². The summed E-state index contributed by atoms with van der Waals surface area (Å²) in [5.41, 5.74) is -1.11. The maximum Gasteiger partial charge on any atom is 0.328 e. The van der Waals surface area contributed by atoms with Gasteiger partial charge in [-0.05, 0) is 14.1 Å². The molecule has 0 saturated carbocycles. The molecule has 6 heteroatoms. The van der Waals surface area contributed by atoms with E-state index >= 15 is 0 Å². The largest absolute Gasteiger partial charge is 0.494 e. The van der Waals surface area contributed by atoms with Gasteiger partial charge in [-0.15, -0.1) is 0 Å². The third kappa shape index (κ3) is 2.19. The Kier molecular flexibility index (Phi) is 2.52. The normalized spacial score (nSPS) is 10.7. The van der Waals surface area contributed by atoms with Crippen LogP contribution in [0.25, 0.3) is 0 Å². The maximum absolute atomic E-state index is 11.1. The maximum atomic E-state index is 11.1. The molecule has 0 fully saturated rings. The Morgan fingerprint density at radius 1 is 1.31 bits per heavy atom. The molecule has 1 heterocycles. The van der Waals surface area contributed by atoms with Gasteiger partial charge in [-0.2, -0.15) is 0 Å². The third-order valence-electron chi connectivity index (χ3n) is 1.49. The number of hydrogen-bond acceptors (Lipinski definition) is 4. The summed E-state index contributed by atoms with van der Waals surface area (Å²) in [6.07, 6.45) is 0. The van der Waals surface area contributed by atoms with Crippen molar-refractivity contribution in [2.45, 2.75) is 6.54 Å². The quantitative estimate of drug-likeness (QED) is 0.541. The molecule has 1 aromatic heterocycles. The molecule has 0 spiro atoms. The van der Waals surface area contributed by atoms with Crippen molar-refractivity contribution in [3.63, 3.8) is 0 Å². The number of nitrogens with one attached hydrogen (secondary N) is 2. The molecule has 3 N–H and O–H groups in total. The Hall–Kier alpha value is -1.56. The summed E-state index contributed by atoms with van der Waals surface area (Å²) in [5.74, 6) is -0.373. The molecule has 0 aliphatic carbocycles. The first kappa shape index (κ1) is 9.53. The number of hydrogen-bond donors (Lipinski definition) is 3. The lowest BCUT2D eigenvalue weighted by molar-refractivity contribution is 0.375. The van der Waals surface area contributed by atoms with Crippen LogP contribution in [0.4, 0.5) is 0 Å². The molecule has 6 nitrogen and oxygen atoms in total. The molecule has 0 bridgehead atoms. The van der Waals surface area contributed by atoms with Crippen molar-refractivity contribution in [1.29, 1.82) is 0 Å². The summed E-state index contributed by atoms with van der Waals surface area (Å²) in [5, 5.41) is 9.22. The Labute approximate surface area is 73.8 Å². The van der Waals surface area contributed by atoms with Gasteiger partial charge >= 0.3 is 5.69 Å². The fourth-order valence-electron chi connectivity index (χ4n) is 0.963. The van der Waals surface area contributed by atoms with E-state index in [0.717, 1.165) is 0 Å². The lowest BCUT2D eigenvalue weighted by Gasteiger charge is -2.08. The van der Waals surface area contributed by atoms with Crippen molar-refractivity contribution in [1.82, 2.24) is 14.9 Å². The van der Waals surface area contributed by atoms with Crippen molar-refractivity contribution in [2.24, 2.45) is 0 Å². The average molecular weight is 185 g/mol. The highest BCUT2D eigenvalue weighted by Crippen LogP contribution is 2.05. The van der Waals surface area contributed by atoms with Crippen molar-refractivity contribution in [2.75, 3.05) is 14.1 Å². The summed E-state index contributed by atoms with van der Waals surface area (Å²) in [4.78, 5) is 27.6. The molecular formula is C7H11N3O3. The van der Waals surface area contributed by atoms with Gasteiger partial charge in [-0.25, -0.2) is 4.79 Å². The zero-order valence-electron chi connectivity index (χ0n) is 7.42. The van der Waals surface area contributed by atoms with Crippen LogP contribution in [0.1, 0.15) is 5.56 Å². The summed E-state index contributed by atoms with van der Waals surface area (Å²) < 4.78 is 0. The second-order valence-electron chi connectivity index (χ2n) is 2.97. The fraction of sp³-hybridized carbons (Fsp3) is 0.429. The Morgan fingerprint density at radius 2 is 1.92 bits per heavy atom. The van der Waals surface area contributed by atoms with Crippen LogP contribution in [0.5, 0.6) is 5.88 Å². The minimum atomic E-state index is -0.704. The highest BCUT2D eigenvalue weighted by Gasteiger charge is 2.08. The Balaban J connectivity index is 3.22. The molecule has 1 rings (SSSR count). The molecule has 0 unspecified atom stereocenters. The zero-order valence-corrected chi connectivity index (χ0v) is 7.42. The van der Waals surface area contributed by atoms with Gasteiger partial charge < -0.3 is 10.0 Å². The molecule has 0 aromatic carbocycles.